The van der Waals surface area contributed by atoms with Gasteiger partial charge in [0.15, 0.2) is 0 Å². The normalized spacial score (nSPS) is 19.1. The number of likely N-dealkylation sites (tertiary alicyclic amines) is 1. The summed E-state index contributed by atoms with van der Waals surface area (Å²) >= 11 is 0. The summed E-state index contributed by atoms with van der Waals surface area (Å²) in [5.74, 6) is 0.268. The van der Waals surface area contributed by atoms with Gasteiger partial charge in [-0.2, -0.15) is 0 Å². The first-order chi connectivity index (χ1) is 10.6. The number of nitrogens with one attached hydrogen (secondary N) is 1. The molecule has 122 valence electrons. The molecule has 0 saturated carbocycles. The van der Waals surface area contributed by atoms with Gasteiger partial charge < -0.3 is 10.2 Å². The van der Waals surface area contributed by atoms with Crippen molar-refractivity contribution >= 4 is 17.8 Å². The van der Waals surface area contributed by atoms with Crippen LogP contribution < -0.4 is 5.32 Å². The van der Waals surface area contributed by atoms with Crippen molar-refractivity contribution in [3.8, 4) is 0 Å². The monoisotopic (exact) mass is 307 g/mol. The molecule has 6 nitrogen and oxygen atoms in total. The van der Waals surface area contributed by atoms with Gasteiger partial charge in [0.1, 0.15) is 0 Å². The number of carbonyl (C=O) groups is 3. The number of hydrogen-bond acceptors (Lipinski definition) is 3. The standard InChI is InChI=1S/C16H25N3O3/c1-13-7-11-18(12-8-13)16(22)17-9-3-2-4-10-19-14(20)5-6-15(19)21/h5-6,13H,2-4,7-12H2,1H3,(H,17,22). The van der Waals surface area contributed by atoms with Gasteiger partial charge in [0, 0.05) is 38.3 Å². The lowest BCUT2D eigenvalue weighted by atomic mass is 10.00. The maximum absolute atomic E-state index is 11.9. The van der Waals surface area contributed by atoms with Gasteiger partial charge in [-0.05, 0) is 38.0 Å². The molecule has 1 saturated heterocycles. The molecule has 2 heterocycles. The molecule has 2 aliphatic rings. The summed E-state index contributed by atoms with van der Waals surface area (Å²) in [6.07, 6.45) is 7.30. The summed E-state index contributed by atoms with van der Waals surface area (Å²) < 4.78 is 0. The van der Waals surface area contributed by atoms with Crippen molar-refractivity contribution < 1.29 is 14.4 Å². The molecule has 1 N–H and O–H groups in total. The molecule has 0 aliphatic carbocycles. The molecule has 22 heavy (non-hydrogen) atoms. The van der Waals surface area contributed by atoms with E-state index in [0.29, 0.717) is 13.1 Å². The van der Waals surface area contributed by atoms with Crippen molar-refractivity contribution in [2.45, 2.75) is 39.0 Å². The molecule has 0 aromatic heterocycles. The zero-order valence-corrected chi connectivity index (χ0v) is 13.2. The Morgan fingerprint density at radius 3 is 2.41 bits per heavy atom. The Morgan fingerprint density at radius 1 is 1.14 bits per heavy atom. The number of amides is 4. The van der Waals surface area contributed by atoms with Gasteiger partial charge >= 0.3 is 6.03 Å². The average Bonchev–Trinajstić information content (AvgIpc) is 2.82. The fourth-order valence-electron chi connectivity index (χ4n) is 2.74. The lowest BCUT2D eigenvalue weighted by Gasteiger charge is -2.30. The third-order valence-electron chi connectivity index (χ3n) is 4.31. The van der Waals surface area contributed by atoms with E-state index in [4.69, 9.17) is 0 Å². The first-order valence-corrected chi connectivity index (χ1v) is 8.14. The van der Waals surface area contributed by atoms with E-state index in [9.17, 15) is 14.4 Å². The highest BCUT2D eigenvalue weighted by Crippen LogP contribution is 2.15. The molecule has 0 radical (unpaired) electrons. The zero-order chi connectivity index (χ0) is 15.9. The summed E-state index contributed by atoms with van der Waals surface area (Å²) in [6, 6.07) is 0.0287. The van der Waals surface area contributed by atoms with Crippen molar-refractivity contribution in [1.82, 2.24) is 15.1 Å². The largest absolute Gasteiger partial charge is 0.338 e. The predicted octanol–water partition coefficient (Wildman–Crippen LogP) is 1.52. The first kappa shape index (κ1) is 16.5. The number of carbonyl (C=O) groups excluding carboxylic acids is 3. The van der Waals surface area contributed by atoms with Crippen molar-refractivity contribution in [2.24, 2.45) is 5.92 Å². The minimum atomic E-state index is -0.224. The Bertz CT molecular complexity index is 436. The number of nitrogens with zero attached hydrogens (tertiary/aromatic N) is 2. The number of piperidine rings is 1. The van der Waals surface area contributed by atoms with E-state index in [2.05, 4.69) is 12.2 Å². The van der Waals surface area contributed by atoms with Crippen LogP contribution in [0.25, 0.3) is 0 Å². The topological polar surface area (TPSA) is 69.7 Å². The molecular weight excluding hydrogens is 282 g/mol. The van der Waals surface area contributed by atoms with Gasteiger partial charge in [0.05, 0.1) is 0 Å². The lowest BCUT2D eigenvalue weighted by molar-refractivity contribution is -0.136. The molecule has 6 heteroatoms. The summed E-state index contributed by atoms with van der Waals surface area (Å²) in [4.78, 5) is 37.8. The van der Waals surface area contributed by atoms with Crippen molar-refractivity contribution in [3.63, 3.8) is 0 Å². The fraction of sp³-hybridized carbons (Fsp3) is 0.688. The van der Waals surface area contributed by atoms with Gasteiger partial charge in [-0.15, -0.1) is 0 Å². The van der Waals surface area contributed by atoms with E-state index in [0.717, 1.165) is 51.1 Å². The second-order valence-electron chi connectivity index (χ2n) is 6.12. The summed E-state index contributed by atoms with van der Waals surface area (Å²) in [5, 5.41) is 2.94. The number of hydrogen-bond donors (Lipinski definition) is 1. The Kier molecular flexibility index (Phi) is 5.98. The van der Waals surface area contributed by atoms with E-state index in [1.54, 1.807) is 0 Å². The Labute approximate surface area is 131 Å². The minimum absolute atomic E-state index is 0.0287. The molecular formula is C16H25N3O3. The van der Waals surface area contributed by atoms with Crippen molar-refractivity contribution in [3.05, 3.63) is 12.2 Å². The molecule has 2 rings (SSSR count). The Hall–Kier alpha value is -1.85. The highest BCUT2D eigenvalue weighted by Gasteiger charge is 2.22. The van der Waals surface area contributed by atoms with Crippen LogP contribution in [0.2, 0.25) is 0 Å². The lowest BCUT2D eigenvalue weighted by Crippen LogP contribution is -2.44. The highest BCUT2D eigenvalue weighted by atomic mass is 16.2. The van der Waals surface area contributed by atoms with Crippen LogP contribution in [0.3, 0.4) is 0 Å². The minimum Gasteiger partial charge on any atom is -0.338 e. The van der Waals surface area contributed by atoms with Gasteiger partial charge in [-0.1, -0.05) is 6.92 Å². The number of urea groups is 1. The van der Waals surface area contributed by atoms with Gasteiger partial charge in [0.2, 0.25) is 0 Å². The molecule has 4 amide bonds. The fourth-order valence-corrected chi connectivity index (χ4v) is 2.74. The van der Waals surface area contributed by atoms with Crippen LogP contribution in [0, 0.1) is 5.92 Å². The third-order valence-corrected chi connectivity index (χ3v) is 4.31. The third kappa shape index (κ3) is 4.58. The van der Waals surface area contributed by atoms with Crippen molar-refractivity contribution in [2.75, 3.05) is 26.2 Å². The Balaban J connectivity index is 1.51. The molecule has 2 aliphatic heterocycles. The van der Waals surface area contributed by atoms with E-state index in [1.165, 1.54) is 17.1 Å². The summed E-state index contributed by atoms with van der Waals surface area (Å²) in [6.45, 7) is 5.02. The van der Waals surface area contributed by atoms with E-state index >= 15 is 0 Å². The maximum atomic E-state index is 11.9. The van der Waals surface area contributed by atoms with Crippen LogP contribution in [0.1, 0.15) is 39.0 Å². The predicted molar refractivity (Wildman–Crippen MR) is 83.1 cm³/mol. The molecule has 0 aromatic carbocycles. The smallest absolute Gasteiger partial charge is 0.317 e. The number of unbranched alkanes of at least 4 members (excludes halogenated alkanes) is 2. The molecule has 0 aromatic rings. The van der Waals surface area contributed by atoms with Crippen LogP contribution in [-0.2, 0) is 9.59 Å². The Morgan fingerprint density at radius 2 is 1.77 bits per heavy atom. The SMILES string of the molecule is CC1CCN(C(=O)NCCCCCN2C(=O)C=CC2=O)CC1. The molecule has 0 unspecified atom stereocenters. The van der Waals surface area contributed by atoms with Crippen LogP contribution in [0.15, 0.2) is 12.2 Å². The quantitative estimate of drug-likeness (QED) is 0.597. The number of rotatable bonds is 6. The van der Waals surface area contributed by atoms with Crippen LogP contribution >= 0.6 is 0 Å². The molecule has 0 atom stereocenters. The molecule has 0 spiro atoms. The van der Waals surface area contributed by atoms with E-state index in [1.807, 2.05) is 4.90 Å². The van der Waals surface area contributed by atoms with Crippen LogP contribution in [0.4, 0.5) is 4.79 Å². The van der Waals surface area contributed by atoms with Gasteiger partial charge in [-0.3, -0.25) is 14.5 Å². The highest BCUT2D eigenvalue weighted by molar-refractivity contribution is 6.12. The average molecular weight is 307 g/mol. The van der Waals surface area contributed by atoms with Crippen LogP contribution in [-0.4, -0.2) is 53.8 Å². The van der Waals surface area contributed by atoms with E-state index < -0.39 is 0 Å². The molecule has 0 bridgehead atoms. The summed E-state index contributed by atoms with van der Waals surface area (Å²) in [5.41, 5.74) is 0. The molecule has 1 fully saturated rings. The summed E-state index contributed by atoms with van der Waals surface area (Å²) in [7, 11) is 0. The van der Waals surface area contributed by atoms with Crippen molar-refractivity contribution in [1.29, 1.82) is 0 Å². The van der Waals surface area contributed by atoms with Gasteiger partial charge in [-0.25, -0.2) is 4.79 Å². The van der Waals surface area contributed by atoms with E-state index in [-0.39, 0.29) is 17.8 Å². The zero-order valence-electron chi connectivity index (χ0n) is 13.2. The second kappa shape index (κ2) is 7.96. The second-order valence-corrected chi connectivity index (χ2v) is 6.12. The van der Waals surface area contributed by atoms with Crippen LogP contribution in [0.5, 0.6) is 0 Å². The van der Waals surface area contributed by atoms with Gasteiger partial charge in [0.25, 0.3) is 11.8 Å². The first-order valence-electron chi connectivity index (χ1n) is 8.14. The number of imide groups is 1. The maximum Gasteiger partial charge on any atom is 0.317 e.